The summed E-state index contributed by atoms with van der Waals surface area (Å²) in [7, 11) is 0. The van der Waals surface area contributed by atoms with Crippen molar-refractivity contribution in [3.05, 3.63) is 39.1 Å². The minimum absolute atomic E-state index is 0.144. The second-order valence-electron chi connectivity index (χ2n) is 7.11. The lowest BCUT2D eigenvalue weighted by atomic mass is 10.2. The first kappa shape index (κ1) is 17.7. The van der Waals surface area contributed by atoms with Crippen molar-refractivity contribution >= 4 is 50.0 Å². The van der Waals surface area contributed by atoms with Gasteiger partial charge in [-0.1, -0.05) is 11.6 Å². The van der Waals surface area contributed by atoms with Crippen LogP contribution >= 0.6 is 22.9 Å². The average Bonchev–Trinajstić information content (AvgIpc) is 3.26. The lowest BCUT2D eigenvalue weighted by Gasteiger charge is -2.36. The molecule has 9 heteroatoms. The van der Waals surface area contributed by atoms with E-state index in [1.54, 1.807) is 6.20 Å². The lowest BCUT2D eigenvalue weighted by molar-refractivity contribution is -0.00545. The molecule has 1 saturated heterocycles. The summed E-state index contributed by atoms with van der Waals surface area (Å²) in [6, 6.07) is 3.78. The smallest absolute Gasteiger partial charge is 0.261 e. The molecule has 5 heterocycles. The largest absolute Gasteiger partial charge is 0.372 e. The van der Waals surface area contributed by atoms with E-state index in [4.69, 9.17) is 16.3 Å². The van der Waals surface area contributed by atoms with Gasteiger partial charge in [0.2, 0.25) is 0 Å². The molecule has 2 atom stereocenters. The number of ether oxygens (including phenoxy) is 1. The Balaban J connectivity index is 1.59. The maximum atomic E-state index is 12.6. The first-order valence-corrected chi connectivity index (χ1v) is 10.3. The van der Waals surface area contributed by atoms with Crippen LogP contribution in [0.2, 0.25) is 5.02 Å². The van der Waals surface area contributed by atoms with Crippen LogP contribution in [0.1, 0.15) is 13.8 Å². The third kappa shape index (κ3) is 2.88. The van der Waals surface area contributed by atoms with Crippen molar-refractivity contribution in [3.8, 4) is 11.4 Å². The van der Waals surface area contributed by atoms with Gasteiger partial charge in [-0.3, -0.25) is 4.79 Å². The minimum atomic E-state index is -0.265. The highest BCUT2D eigenvalue weighted by Crippen LogP contribution is 2.33. The molecule has 0 aliphatic carbocycles. The Kier molecular flexibility index (Phi) is 4.15. The van der Waals surface area contributed by atoms with E-state index < -0.39 is 0 Å². The van der Waals surface area contributed by atoms with Gasteiger partial charge in [-0.2, -0.15) is 0 Å². The van der Waals surface area contributed by atoms with Crippen molar-refractivity contribution in [2.45, 2.75) is 26.1 Å². The van der Waals surface area contributed by atoms with Crippen molar-refractivity contribution in [3.63, 3.8) is 0 Å². The number of fused-ring (bicyclic) bond motifs is 2. The second kappa shape index (κ2) is 6.58. The molecule has 144 valence electrons. The number of anilines is 1. The van der Waals surface area contributed by atoms with E-state index >= 15 is 0 Å². The number of hydrogen-bond donors (Lipinski definition) is 2. The number of H-pyrrole nitrogens is 2. The molecule has 28 heavy (non-hydrogen) atoms. The Morgan fingerprint density at radius 2 is 2.04 bits per heavy atom. The molecule has 0 amide bonds. The molecule has 0 radical (unpaired) electrons. The van der Waals surface area contributed by atoms with Gasteiger partial charge in [-0.05, 0) is 25.3 Å². The number of thiophene rings is 1. The van der Waals surface area contributed by atoms with Crippen molar-refractivity contribution in [2.24, 2.45) is 0 Å². The summed E-state index contributed by atoms with van der Waals surface area (Å²) >= 11 is 8.01. The van der Waals surface area contributed by atoms with Crippen molar-refractivity contribution < 1.29 is 4.74 Å². The molecule has 4 aromatic rings. The van der Waals surface area contributed by atoms with Gasteiger partial charge in [0.25, 0.3) is 5.56 Å². The van der Waals surface area contributed by atoms with Crippen LogP contribution in [0.5, 0.6) is 0 Å². The molecule has 0 saturated carbocycles. The predicted molar refractivity (Wildman–Crippen MR) is 113 cm³/mol. The van der Waals surface area contributed by atoms with Gasteiger partial charge in [-0.15, -0.1) is 11.3 Å². The zero-order valence-corrected chi connectivity index (χ0v) is 16.9. The van der Waals surface area contributed by atoms with E-state index in [1.165, 1.54) is 11.3 Å². The third-order valence-corrected chi connectivity index (χ3v) is 6.31. The molecule has 1 aliphatic heterocycles. The first-order valence-electron chi connectivity index (χ1n) is 9.05. The molecule has 7 nitrogen and oxygen atoms in total. The summed E-state index contributed by atoms with van der Waals surface area (Å²) < 4.78 is 6.64. The van der Waals surface area contributed by atoms with Gasteiger partial charge in [-0.25, -0.2) is 9.97 Å². The summed E-state index contributed by atoms with van der Waals surface area (Å²) in [5.41, 5.74) is 2.32. The maximum Gasteiger partial charge on any atom is 0.261 e. The monoisotopic (exact) mass is 415 g/mol. The van der Waals surface area contributed by atoms with Crippen LogP contribution in [0.15, 0.2) is 28.5 Å². The number of nitrogens with zero attached hydrogens (tertiary/aromatic N) is 3. The van der Waals surface area contributed by atoms with Gasteiger partial charge in [0.05, 0.1) is 44.7 Å². The number of pyridine rings is 2. The van der Waals surface area contributed by atoms with E-state index in [0.29, 0.717) is 16.4 Å². The highest BCUT2D eigenvalue weighted by Gasteiger charge is 2.24. The van der Waals surface area contributed by atoms with Crippen LogP contribution in [0.3, 0.4) is 0 Å². The number of hydrogen-bond acceptors (Lipinski definition) is 6. The van der Waals surface area contributed by atoms with Crippen LogP contribution in [0, 0.1) is 0 Å². The number of imidazole rings is 1. The molecule has 0 aromatic carbocycles. The molecule has 1 aliphatic rings. The van der Waals surface area contributed by atoms with Crippen molar-refractivity contribution in [1.82, 2.24) is 19.9 Å². The van der Waals surface area contributed by atoms with Gasteiger partial charge in [0.15, 0.2) is 0 Å². The number of aromatic amines is 2. The predicted octanol–water partition coefficient (Wildman–Crippen LogP) is 3.79. The van der Waals surface area contributed by atoms with E-state index in [-0.39, 0.29) is 17.8 Å². The molecular formula is C19H18ClN5O2S. The zero-order chi connectivity index (χ0) is 19.4. The highest BCUT2D eigenvalue weighted by atomic mass is 35.5. The SMILES string of the molecule is CC1CN(c2cc3nc(-c4c(Cl)c5sccc5[nH]c4=O)[nH]c3cn2)C[C@@H](C)O1. The molecule has 0 bridgehead atoms. The molecule has 2 N–H and O–H groups in total. The fraction of sp³-hybridized carbons (Fsp3) is 0.316. The summed E-state index contributed by atoms with van der Waals surface area (Å²) in [6.07, 6.45) is 2.04. The third-order valence-electron chi connectivity index (χ3n) is 4.89. The highest BCUT2D eigenvalue weighted by molar-refractivity contribution is 7.17. The zero-order valence-electron chi connectivity index (χ0n) is 15.3. The topological polar surface area (TPSA) is 86.9 Å². The van der Waals surface area contributed by atoms with Crippen LogP contribution in [-0.2, 0) is 4.74 Å². The van der Waals surface area contributed by atoms with E-state index in [2.05, 4.69) is 38.7 Å². The van der Waals surface area contributed by atoms with Crippen LogP contribution in [0.4, 0.5) is 5.82 Å². The lowest BCUT2D eigenvalue weighted by Crippen LogP contribution is -2.45. The standard InChI is InChI=1S/C19H18ClN5O2S/c1-9-7-25(8-10(2)27-9)14-5-12-13(6-21-14)23-18(22-12)15-16(20)17-11(3-4-28-17)24-19(15)26/h3-6,9-10H,7-8H2,1-2H3,(H,22,23)(H,24,26)/t9-,10?/m1/s1. The van der Waals surface area contributed by atoms with Gasteiger partial charge >= 0.3 is 0 Å². The summed E-state index contributed by atoms with van der Waals surface area (Å²) in [5.74, 6) is 1.29. The maximum absolute atomic E-state index is 12.6. The number of morpholine rings is 1. The molecule has 1 fully saturated rings. The normalized spacial score (nSPS) is 20.3. The second-order valence-corrected chi connectivity index (χ2v) is 8.41. The number of nitrogens with one attached hydrogen (secondary N) is 2. The summed E-state index contributed by atoms with van der Waals surface area (Å²) in [4.78, 5) is 30.0. The summed E-state index contributed by atoms with van der Waals surface area (Å²) in [5, 5.41) is 2.31. The first-order chi connectivity index (χ1) is 13.5. The molecule has 4 aromatic heterocycles. The molecule has 0 spiro atoms. The van der Waals surface area contributed by atoms with E-state index in [9.17, 15) is 4.79 Å². The Morgan fingerprint density at radius 3 is 2.82 bits per heavy atom. The molecular weight excluding hydrogens is 398 g/mol. The van der Waals surface area contributed by atoms with Crippen molar-refractivity contribution in [2.75, 3.05) is 18.0 Å². The number of halogens is 1. The average molecular weight is 416 g/mol. The number of rotatable bonds is 2. The Labute approximate surface area is 169 Å². The minimum Gasteiger partial charge on any atom is -0.372 e. The quantitative estimate of drug-likeness (QED) is 0.520. The van der Waals surface area contributed by atoms with Crippen LogP contribution in [-0.4, -0.2) is 45.2 Å². The van der Waals surface area contributed by atoms with E-state index in [0.717, 1.165) is 40.2 Å². The fourth-order valence-corrected chi connectivity index (χ4v) is 4.94. The van der Waals surface area contributed by atoms with Gasteiger partial charge in [0.1, 0.15) is 17.2 Å². The van der Waals surface area contributed by atoms with E-state index in [1.807, 2.05) is 17.5 Å². The molecule has 1 unspecified atom stereocenters. The van der Waals surface area contributed by atoms with Crippen molar-refractivity contribution in [1.29, 1.82) is 0 Å². The Hall–Kier alpha value is -2.42. The van der Waals surface area contributed by atoms with Crippen LogP contribution in [0.25, 0.3) is 32.6 Å². The Morgan fingerprint density at radius 1 is 1.25 bits per heavy atom. The fourth-order valence-electron chi connectivity index (χ4n) is 3.74. The number of aromatic nitrogens is 4. The van der Waals surface area contributed by atoms with Gasteiger partial charge < -0.3 is 19.6 Å². The van der Waals surface area contributed by atoms with Gasteiger partial charge in [0, 0.05) is 19.2 Å². The molecule has 5 rings (SSSR count). The van der Waals surface area contributed by atoms with Crippen LogP contribution < -0.4 is 10.5 Å². The summed E-state index contributed by atoms with van der Waals surface area (Å²) in [6.45, 7) is 5.67. The Bertz CT molecular complexity index is 1240.